The predicted molar refractivity (Wildman–Crippen MR) is 100 cm³/mol. The first kappa shape index (κ1) is 18.3. The number of carbonyl (C=O) groups excluding carboxylic acids is 1. The Bertz CT molecular complexity index is 713. The van der Waals surface area contributed by atoms with Crippen molar-refractivity contribution in [3.63, 3.8) is 0 Å². The second-order valence-corrected chi connectivity index (χ2v) is 6.58. The number of nitrogens with zero attached hydrogens (tertiary/aromatic N) is 6. The van der Waals surface area contributed by atoms with Crippen molar-refractivity contribution in [2.45, 2.75) is 32.9 Å². The molecule has 1 amide bonds. The van der Waals surface area contributed by atoms with Gasteiger partial charge in [0.15, 0.2) is 11.5 Å². The lowest BCUT2D eigenvalue weighted by atomic mass is 10.3. The Morgan fingerprint density at radius 2 is 2.08 bits per heavy atom. The highest BCUT2D eigenvalue weighted by Gasteiger charge is 2.17. The molecule has 2 aromatic rings. The first-order chi connectivity index (χ1) is 12.7. The molecule has 1 aliphatic rings. The highest BCUT2D eigenvalue weighted by molar-refractivity contribution is 5.91. The minimum Gasteiger partial charge on any atom is -0.354 e. The SMILES string of the molecule is CCCn1cc(CN2CCCN(c3ccc(C(=O)NC)nn3)CC2)cn1. The molecule has 1 aliphatic heterocycles. The summed E-state index contributed by atoms with van der Waals surface area (Å²) in [6.45, 7) is 7.93. The topological polar surface area (TPSA) is 79.2 Å². The summed E-state index contributed by atoms with van der Waals surface area (Å²) in [5.41, 5.74) is 1.61. The summed E-state index contributed by atoms with van der Waals surface area (Å²) in [7, 11) is 1.59. The normalized spacial score (nSPS) is 15.7. The monoisotopic (exact) mass is 357 g/mol. The van der Waals surface area contributed by atoms with E-state index in [1.165, 1.54) is 5.56 Å². The van der Waals surface area contributed by atoms with Crippen LogP contribution in [0.3, 0.4) is 0 Å². The third-order valence-electron chi connectivity index (χ3n) is 4.57. The van der Waals surface area contributed by atoms with Gasteiger partial charge >= 0.3 is 0 Å². The van der Waals surface area contributed by atoms with Crippen LogP contribution in [0.4, 0.5) is 5.82 Å². The van der Waals surface area contributed by atoms with Crippen molar-refractivity contribution in [3.05, 3.63) is 35.8 Å². The molecule has 1 fully saturated rings. The van der Waals surface area contributed by atoms with Crippen molar-refractivity contribution in [3.8, 4) is 0 Å². The van der Waals surface area contributed by atoms with Gasteiger partial charge in [-0.1, -0.05) is 6.92 Å². The number of carbonyl (C=O) groups is 1. The molecule has 140 valence electrons. The zero-order valence-corrected chi connectivity index (χ0v) is 15.6. The Morgan fingerprint density at radius 1 is 1.19 bits per heavy atom. The van der Waals surface area contributed by atoms with E-state index in [4.69, 9.17) is 0 Å². The van der Waals surface area contributed by atoms with Crippen LogP contribution < -0.4 is 10.2 Å². The molecule has 2 aromatic heterocycles. The Kier molecular flexibility index (Phi) is 6.17. The summed E-state index contributed by atoms with van der Waals surface area (Å²) in [6.07, 6.45) is 6.29. The summed E-state index contributed by atoms with van der Waals surface area (Å²) in [5.74, 6) is 0.616. The molecule has 3 rings (SSSR count). The van der Waals surface area contributed by atoms with Gasteiger partial charge in [-0.05, 0) is 25.0 Å². The zero-order chi connectivity index (χ0) is 18.4. The maximum absolute atomic E-state index is 11.6. The van der Waals surface area contributed by atoms with Crippen LogP contribution in [-0.2, 0) is 13.1 Å². The average Bonchev–Trinajstić information content (AvgIpc) is 2.97. The Balaban J connectivity index is 1.56. The van der Waals surface area contributed by atoms with Crippen LogP contribution in [0.25, 0.3) is 0 Å². The van der Waals surface area contributed by atoms with E-state index in [-0.39, 0.29) is 5.91 Å². The number of amides is 1. The smallest absolute Gasteiger partial charge is 0.271 e. The number of anilines is 1. The van der Waals surface area contributed by atoms with Crippen molar-refractivity contribution >= 4 is 11.7 Å². The number of nitrogens with one attached hydrogen (secondary N) is 1. The van der Waals surface area contributed by atoms with E-state index in [0.29, 0.717) is 5.69 Å². The molecule has 8 heteroatoms. The summed E-state index contributed by atoms with van der Waals surface area (Å²) in [6, 6.07) is 3.61. The molecule has 3 heterocycles. The molecular formula is C18H27N7O. The quantitative estimate of drug-likeness (QED) is 0.836. The lowest BCUT2D eigenvalue weighted by Gasteiger charge is -2.22. The van der Waals surface area contributed by atoms with Crippen molar-refractivity contribution in [1.29, 1.82) is 0 Å². The molecule has 0 bridgehead atoms. The second-order valence-electron chi connectivity index (χ2n) is 6.58. The molecule has 0 radical (unpaired) electrons. The van der Waals surface area contributed by atoms with Gasteiger partial charge in [-0.2, -0.15) is 5.10 Å². The summed E-state index contributed by atoms with van der Waals surface area (Å²) in [5, 5.41) is 15.2. The van der Waals surface area contributed by atoms with Gasteiger partial charge in [-0.15, -0.1) is 10.2 Å². The van der Waals surface area contributed by atoms with Crippen LogP contribution in [0.15, 0.2) is 24.5 Å². The van der Waals surface area contributed by atoms with E-state index >= 15 is 0 Å². The maximum Gasteiger partial charge on any atom is 0.271 e. The van der Waals surface area contributed by atoms with E-state index in [1.54, 1.807) is 13.1 Å². The molecule has 26 heavy (non-hydrogen) atoms. The Morgan fingerprint density at radius 3 is 2.81 bits per heavy atom. The van der Waals surface area contributed by atoms with Gasteiger partial charge in [-0.25, -0.2) is 0 Å². The van der Waals surface area contributed by atoms with Crippen molar-refractivity contribution in [2.24, 2.45) is 0 Å². The zero-order valence-electron chi connectivity index (χ0n) is 15.6. The van der Waals surface area contributed by atoms with Crippen molar-refractivity contribution in [2.75, 3.05) is 38.1 Å². The fourth-order valence-corrected chi connectivity index (χ4v) is 3.20. The number of hydrogen-bond acceptors (Lipinski definition) is 6. The van der Waals surface area contributed by atoms with Crippen LogP contribution in [-0.4, -0.2) is 64.0 Å². The molecule has 0 aromatic carbocycles. The molecule has 0 atom stereocenters. The lowest BCUT2D eigenvalue weighted by Crippen LogP contribution is -2.31. The summed E-state index contributed by atoms with van der Waals surface area (Å²) >= 11 is 0. The number of rotatable bonds is 6. The van der Waals surface area contributed by atoms with Crippen LogP contribution in [0.1, 0.15) is 35.8 Å². The first-order valence-corrected chi connectivity index (χ1v) is 9.24. The Labute approximate surface area is 154 Å². The van der Waals surface area contributed by atoms with Gasteiger partial charge in [0, 0.05) is 58.1 Å². The van der Waals surface area contributed by atoms with Crippen molar-refractivity contribution < 1.29 is 4.79 Å². The average molecular weight is 357 g/mol. The molecule has 8 nitrogen and oxygen atoms in total. The van der Waals surface area contributed by atoms with Gasteiger partial charge in [0.25, 0.3) is 5.91 Å². The van der Waals surface area contributed by atoms with Crippen LogP contribution >= 0.6 is 0 Å². The van der Waals surface area contributed by atoms with Gasteiger partial charge in [0.2, 0.25) is 0 Å². The minimum atomic E-state index is -0.213. The summed E-state index contributed by atoms with van der Waals surface area (Å²) < 4.78 is 2.02. The Hall–Kier alpha value is -2.48. The van der Waals surface area contributed by atoms with E-state index in [0.717, 1.165) is 57.9 Å². The van der Waals surface area contributed by atoms with Crippen molar-refractivity contribution in [1.82, 2.24) is 30.2 Å². The standard InChI is InChI=1S/C18H27N7O/c1-3-7-25-14-15(12-20-25)13-23-8-4-9-24(11-10-23)17-6-5-16(21-22-17)18(26)19-2/h5-6,12,14H,3-4,7-11,13H2,1-2H3,(H,19,26). The molecule has 1 saturated heterocycles. The molecular weight excluding hydrogens is 330 g/mol. The third kappa shape index (κ3) is 4.57. The van der Waals surface area contributed by atoms with Gasteiger partial charge in [0.05, 0.1) is 6.20 Å². The van der Waals surface area contributed by atoms with E-state index < -0.39 is 0 Å². The molecule has 0 aliphatic carbocycles. The highest BCUT2D eigenvalue weighted by atomic mass is 16.1. The molecule has 0 spiro atoms. The van der Waals surface area contributed by atoms with E-state index in [1.807, 2.05) is 16.9 Å². The highest BCUT2D eigenvalue weighted by Crippen LogP contribution is 2.15. The molecule has 0 unspecified atom stereocenters. The minimum absolute atomic E-state index is 0.213. The lowest BCUT2D eigenvalue weighted by molar-refractivity contribution is 0.0957. The van der Waals surface area contributed by atoms with E-state index in [2.05, 4.69) is 43.5 Å². The van der Waals surface area contributed by atoms with Gasteiger partial charge in [-0.3, -0.25) is 14.4 Å². The molecule has 0 saturated carbocycles. The fourth-order valence-electron chi connectivity index (χ4n) is 3.20. The fraction of sp³-hybridized carbons (Fsp3) is 0.556. The van der Waals surface area contributed by atoms with E-state index in [9.17, 15) is 4.79 Å². The summed E-state index contributed by atoms with van der Waals surface area (Å²) in [4.78, 5) is 16.3. The molecule has 1 N–H and O–H groups in total. The van der Waals surface area contributed by atoms with Gasteiger partial charge < -0.3 is 10.2 Å². The van der Waals surface area contributed by atoms with Gasteiger partial charge in [0.1, 0.15) is 0 Å². The van der Waals surface area contributed by atoms with Crippen LogP contribution in [0.2, 0.25) is 0 Å². The second kappa shape index (κ2) is 8.75. The first-order valence-electron chi connectivity index (χ1n) is 9.24. The number of aromatic nitrogens is 4. The maximum atomic E-state index is 11.6. The number of aryl methyl sites for hydroxylation is 1. The largest absolute Gasteiger partial charge is 0.354 e. The van der Waals surface area contributed by atoms with Crippen LogP contribution in [0, 0.1) is 0 Å². The number of hydrogen-bond donors (Lipinski definition) is 1. The predicted octanol–water partition coefficient (Wildman–Crippen LogP) is 1.16. The third-order valence-corrected chi connectivity index (χ3v) is 4.57. The van der Waals surface area contributed by atoms with Crippen LogP contribution in [0.5, 0.6) is 0 Å².